The molecule has 106 valence electrons. The van der Waals surface area contributed by atoms with Crippen molar-refractivity contribution in [1.29, 1.82) is 0 Å². The minimum Gasteiger partial charge on any atom is -0.494 e. The average Bonchev–Trinajstić information content (AvgIpc) is 2.45. The van der Waals surface area contributed by atoms with Crippen molar-refractivity contribution >= 4 is 17.6 Å². The van der Waals surface area contributed by atoms with Crippen LogP contribution in [0.1, 0.15) is 0 Å². The van der Waals surface area contributed by atoms with Gasteiger partial charge in [0.15, 0.2) is 0 Å². The van der Waals surface area contributed by atoms with E-state index in [1.807, 2.05) is 6.07 Å². The van der Waals surface area contributed by atoms with Crippen molar-refractivity contribution in [2.24, 2.45) is 0 Å². The number of rotatable bonds is 6. The molecule has 0 atom stereocenters. The molecule has 1 aromatic heterocycles. The van der Waals surface area contributed by atoms with Gasteiger partial charge >= 0.3 is 0 Å². The molecule has 2 heterocycles. The van der Waals surface area contributed by atoms with Gasteiger partial charge in [0, 0.05) is 46.5 Å². The van der Waals surface area contributed by atoms with Crippen molar-refractivity contribution in [3.63, 3.8) is 0 Å². The monoisotopic (exact) mass is 452 g/mol. The van der Waals surface area contributed by atoms with Crippen LogP contribution < -0.4 is 9.46 Å². The van der Waals surface area contributed by atoms with Gasteiger partial charge in [0.2, 0.25) is 0 Å². The summed E-state index contributed by atoms with van der Waals surface area (Å²) >= 11 is 1.66. The maximum atomic E-state index is 5.31. The summed E-state index contributed by atoms with van der Waals surface area (Å²) in [5.74, 6) is 1.62. The van der Waals surface area contributed by atoms with Crippen LogP contribution in [0.25, 0.3) is 0 Å². The Morgan fingerprint density at radius 2 is 2.32 bits per heavy atom. The fourth-order valence-electron chi connectivity index (χ4n) is 1.71. The minimum absolute atomic E-state index is 0. The molecule has 2 rings (SSSR count). The standard InChI is InChI=1S/C12H18N3O2S.W/c1-16-12-11(3-2-4-13-12)14-18-10-7-15-5-8-17-9-6-15;/h3-4,14H,5-10H2,1H3;/q-1;. The first-order valence-corrected chi connectivity index (χ1v) is 6.96. The second-order valence-electron chi connectivity index (χ2n) is 3.90. The summed E-state index contributed by atoms with van der Waals surface area (Å²) in [4.78, 5) is 6.49. The Kier molecular flexibility index (Phi) is 8.46. The molecule has 0 spiro atoms. The zero-order valence-electron chi connectivity index (χ0n) is 10.9. The zero-order chi connectivity index (χ0) is 12.6. The summed E-state index contributed by atoms with van der Waals surface area (Å²) in [5.41, 5.74) is 0.868. The first-order valence-electron chi connectivity index (χ1n) is 5.98. The van der Waals surface area contributed by atoms with Gasteiger partial charge in [-0.3, -0.25) is 9.88 Å². The van der Waals surface area contributed by atoms with E-state index in [1.54, 1.807) is 25.3 Å². The third-order valence-electron chi connectivity index (χ3n) is 2.70. The average molecular weight is 452 g/mol. The molecule has 0 radical (unpaired) electrons. The van der Waals surface area contributed by atoms with E-state index < -0.39 is 0 Å². The van der Waals surface area contributed by atoms with E-state index in [4.69, 9.17) is 9.47 Å². The molecule has 19 heavy (non-hydrogen) atoms. The van der Waals surface area contributed by atoms with Crippen LogP contribution in [0.5, 0.6) is 5.88 Å². The number of methoxy groups -OCH3 is 1. The predicted molar refractivity (Wildman–Crippen MR) is 73.0 cm³/mol. The molecule has 0 aromatic carbocycles. The first kappa shape index (κ1) is 16.8. The van der Waals surface area contributed by atoms with Gasteiger partial charge in [0.25, 0.3) is 0 Å². The van der Waals surface area contributed by atoms with Gasteiger partial charge in [-0.25, -0.2) is 12.1 Å². The Labute approximate surface area is 132 Å². The Morgan fingerprint density at radius 3 is 3.05 bits per heavy atom. The van der Waals surface area contributed by atoms with E-state index in [0.717, 1.165) is 44.3 Å². The van der Waals surface area contributed by atoms with Gasteiger partial charge in [0.05, 0.1) is 20.3 Å². The Hall–Kier alpha value is -0.292. The van der Waals surface area contributed by atoms with Gasteiger partial charge in [0.1, 0.15) is 5.88 Å². The van der Waals surface area contributed by atoms with Crippen LogP contribution in [0.2, 0.25) is 0 Å². The van der Waals surface area contributed by atoms with Gasteiger partial charge in [-0.05, 0) is 5.69 Å². The molecule has 1 aliphatic heterocycles. The van der Waals surface area contributed by atoms with Crippen LogP contribution in [0.4, 0.5) is 5.69 Å². The fourth-order valence-corrected chi connectivity index (χ4v) is 2.47. The SMILES string of the molecule is COc1nc[c-]cc1NSCCN1CCOCC1.[W]. The van der Waals surface area contributed by atoms with Crippen molar-refractivity contribution < 1.29 is 30.5 Å². The third-order valence-corrected chi connectivity index (χ3v) is 3.45. The summed E-state index contributed by atoms with van der Waals surface area (Å²) < 4.78 is 13.7. The molecule has 1 N–H and O–H groups in total. The van der Waals surface area contributed by atoms with E-state index in [-0.39, 0.29) is 21.1 Å². The number of ether oxygens (including phenoxy) is 2. The van der Waals surface area contributed by atoms with Crippen molar-refractivity contribution in [2.45, 2.75) is 0 Å². The van der Waals surface area contributed by atoms with E-state index >= 15 is 0 Å². The number of hydrogen-bond donors (Lipinski definition) is 1. The number of hydrogen-bond acceptors (Lipinski definition) is 6. The largest absolute Gasteiger partial charge is 0.494 e. The summed E-state index contributed by atoms with van der Waals surface area (Å²) in [6.07, 6.45) is 1.60. The number of nitrogens with one attached hydrogen (secondary N) is 1. The molecule has 5 nitrogen and oxygen atoms in total. The van der Waals surface area contributed by atoms with Crippen LogP contribution in [0.3, 0.4) is 0 Å². The fraction of sp³-hybridized carbons (Fsp3) is 0.583. The van der Waals surface area contributed by atoms with Gasteiger partial charge in [-0.1, -0.05) is 18.1 Å². The maximum Gasteiger partial charge on any atom is 0.148 e. The minimum atomic E-state index is 0. The second kappa shape index (κ2) is 9.59. The number of aromatic nitrogens is 1. The molecule has 1 saturated heterocycles. The Bertz CT molecular complexity index is 365. The Morgan fingerprint density at radius 1 is 1.53 bits per heavy atom. The number of morpholine rings is 1. The Balaban J connectivity index is 0.00000180. The molecule has 0 aliphatic carbocycles. The van der Waals surface area contributed by atoms with E-state index in [9.17, 15) is 0 Å². The third kappa shape index (κ3) is 5.69. The molecule has 1 aromatic rings. The van der Waals surface area contributed by atoms with Gasteiger partial charge in [-0.15, -0.1) is 0 Å². The van der Waals surface area contributed by atoms with Gasteiger partial charge in [-0.2, -0.15) is 0 Å². The van der Waals surface area contributed by atoms with E-state index in [1.165, 1.54) is 0 Å². The molecule has 0 unspecified atom stereocenters. The van der Waals surface area contributed by atoms with Crippen molar-refractivity contribution in [2.75, 3.05) is 50.4 Å². The second-order valence-corrected chi connectivity index (χ2v) is 4.80. The van der Waals surface area contributed by atoms with E-state index in [2.05, 4.69) is 20.7 Å². The molecule has 0 saturated carbocycles. The molecule has 0 bridgehead atoms. The van der Waals surface area contributed by atoms with Crippen molar-refractivity contribution in [3.8, 4) is 5.88 Å². The van der Waals surface area contributed by atoms with Crippen LogP contribution in [-0.4, -0.2) is 55.6 Å². The summed E-state index contributed by atoms with van der Waals surface area (Å²) in [6.45, 7) is 4.83. The van der Waals surface area contributed by atoms with Gasteiger partial charge < -0.3 is 14.2 Å². The number of anilines is 1. The number of nitrogens with zero attached hydrogens (tertiary/aromatic N) is 2. The van der Waals surface area contributed by atoms with Crippen LogP contribution in [0, 0.1) is 6.07 Å². The first-order chi connectivity index (χ1) is 8.90. The van der Waals surface area contributed by atoms with Crippen LogP contribution in [-0.2, 0) is 25.8 Å². The topological polar surface area (TPSA) is 46.6 Å². The molecular formula is C12H18N3O2SW-. The summed E-state index contributed by atoms with van der Waals surface area (Å²) in [6, 6.07) is 4.77. The summed E-state index contributed by atoms with van der Waals surface area (Å²) in [5, 5.41) is 0. The zero-order valence-corrected chi connectivity index (χ0v) is 14.7. The quantitative estimate of drug-likeness (QED) is 0.399. The smallest absolute Gasteiger partial charge is 0.148 e. The van der Waals surface area contributed by atoms with Crippen molar-refractivity contribution in [1.82, 2.24) is 9.88 Å². The van der Waals surface area contributed by atoms with Crippen molar-refractivity contribution in [3.05, 3.63) is 18.3 Å². The van der Waals surface area contributed by atoms with Crippen LogP contribution >= 0.6 is 11.9 Å². The normalized spacial score (nSPS) is 15.6. The molecule has 0 amide bonds. The van der Waals surface area contributed by atoms with Crippen LogP contribution in [0.15, 0.2) is 12.3 Å². The molecule has 7 heteroatoms. The predicted octanol–water partition coefficient (Wildman–Crippen LogP) is 1.28. The molecule has 1 aliphatic rings. The van der Waals surface area contributed by atoms with E-state index in [0.29, 0.717) is 5.88 Å². The summed E-state index contributed by atoms with van der Waals surface area (Å²) in [7, 11) is 1.62. The molecular weight excluding hydrogens is 434 g/mol. The number of pyridine rings is 1. The maximum absolute atomic E-state index is 5.31. The molecule has 1 fully saturated rings.